The van der Waals surface area contributed by atoms with Gasteiger partial charge in [0.2, 0.25) is 0 Å². The zero-order chi connectivity index (χ0) is 11.4. The van der Waals surface area contributed by atoms with E-state index in [1.807, 2.05) is 36.6 Å². The van der Waals surface area contributed by atoms with Crippen LogP contribution in [0, 0.1) is 0 Å². The van der Waals surface area contributed by atoms with Gasteiger partial charge in [-0.15, -0.1) is 0 Å². The van der Waals surface area contributed by atoms with Crippen LogP contribution >= 0.6 is 0 Å². The zero-order valence-electron chi connectivity index (χ0n) is 9.72. The van der Waals surface area contributed by atoms with Gasteiger partial charge in [-0.2, -0.15) is 5.10 Å². The molecule has 2 aromatic heterocycles. The summed E-state index contributed by atoms with van der Waals surface area (Å²) in [7, 11) is 1.93. The van der Waals surface area contributed by atoms with Crippen LogP contribution in [0.1, 0.15) is 18.2 Å². The Labute approximate surface area is 95.1 Å². The van der Waals surface area contributed by atoms with Crippen LogP contribution in [0.15, 0.2) is 24.9 Å². The number of rotatable bonds is 5. The normalized spacial score (nSPS) is 10.9. The molecule has 0 saturated heterocycles. The maximum Gasteiger partial charge on any atom is 0.0948 e. The fourth-order valence-corrected chi connectivity index (χ4v) is 1.68. The first-order valence-corrected chi connectivity index (χ1v) is 5.47. The van der Waals surface area contributed by atoms with Crippen LogP contribution < -0.4 is 5.32 Å². The maximum atomic E-state index is 4.13. The van der Waals surface area contributed by atoms with Crippen molar-refractivity contribution in [2.75, 3.05) is 0 Å². The van der Waals surface area contributed by atoms with E-state index < -0.39 is 0 Å². The molecular weight excluding hydrogens is 202 g/mol. The van der Waals surface area contributed by atoms with Gasteiger partial charge < -0.3 is 9.88 Å². The third-order valence-electron chi connectivity index (χ3n) is 2.53. The highest BCUT2D eigenvalue weighted by atomic mass is 15.2. The van der Waals surface area contributed by atoms with Crippen LogP contribution in [0.4, 0.5) is 0 Å². The third kappa shape index (κ3) is 2.49. The summed E-state index contributed by atoms with van der Waals surface area (Å²) in [6.45, 7) is 4.75. The van der Waals surface area contributed by atoms with Crippen molar-refractivity contribution in [3.05, 3.63) is 36.2 Å². The molecule has 0 unspecified atom stereocenters. The highest BCUT2D eigenvalue weighted by Gasteiger charge is 2.00. The molecule has 0 amide bonds. The molecule has 0 spiro atoms. The molecule has 0 aliphatic carbocycles. The molecule has 0 bridgehead atoms. The molecule has 2 aromatic rings. The summed E-state index contributed by atoms with van der Waals surface area (Å²) in [6, 6.07) is 0. The summed E-state index contributed by atoms with van der Waals surface area (Å²) in [5, 5.41) is 7.50. The zero-order valence-corrected chi connectivity index (χ0v) is 9.72. The van der Waals surface area contributed by atoms with Gasteiger partial charge in [-0.3, -0.25) is 4.68 Å². The number of imidazole rings is 1. The number of hydrogen-bond acceptors (Lipinski definition) is 3. The Morgan fingerprint density at radius 2 is 2.19 bits per heavy atom. The lowest BCUT2D eigenvalue weighted by Gasteiger charge is -2.05. The highest BCUT2D eigenvalue weighted by Crippen LogP contribution is 2.00. The van der Waals surface area contributed by atoms with E-state index in [9.17, 15) is 0 Å². The molecule has 0 radical (unpaired) electrons. The van der Waals surface area contributed by atoms with E-state index in [4.69, 9.17) is 0 Å². The van der Waals surface area contributed by atoms with Crippen LogP contribution in [0.3, 0.4) is 0 Å². The molecule has 5 nitrogen and oxygen atoms in total. The number of nitrogens with zero attached hydrogens (tertiary/aromatic N) is 4. The molecular formula is C11H17N5. The van der Waals surface area contributed by atoms with Crippen molar-refractivity contribution in [2.24, 2.45) is 7.05 Å². The molecule has 0 aromatic carbocycles. The Morgan fingerprint density at radius 1 is 1.31 bits per heavy atom. The van der Waals surface area contributed by atoms with Gasteiger partial charge in [0.15, 0.2) is 0 Å². The number of nitrogens with one attached hydrogen (secondary N) is 1. The van der Waals surface area contributed by atoms with Gasteiger partial charge in [0.05, 0.1) is 18.2 Å². The molecule has 86 valence electrons. The van der Waals surface area contributed by atoms with Gasteiger partial charge in [0.1, 0.15) is 0 Å². The van der Waals surface area contributed by atoms with Crippen LogP contribution in [0.2, 0.25) is 0 Å². The van der Waals surface area contributed by atoms with E-state index in [-0.39, 0.29) is 0 Å². The van der Waals surface area contributed by atoms with E-state index in [1.165, 1.54) is 11.3 Å². The molecule has 0 atom stereocenters. The van der Waals surface area contributed by atoms with E-state index in [0.717, 1.165) is 19.6 Å². The fraction of sp³-hybridized carbons (Fsp3) is 0.455. The second-order valence-corrected chi connectivity index (χ2v) is 3.80. The van der Waals surface area contributed by atoms with Crippen molar-refractivity contribution in [1.82, 2.24) is 24.6 Å². The summed E-state index contributed by atoms with van der Waals surface area (Å²) in [5.41, 5.74) is 2.41. The molecule has 2 heterocycles. The van der Waals surface area contributed by atoms with Crippen molar-refractivity contribution < 1.29 is 0 Å². The van der Waals surface area contributed by atoms with Gasteiger partial charge >= 0.3 is 0 Å². The smallest absolute Gasteiger partial charge is 0.0948 e. The van der Waals surface area contributed by atoms with Crippen molar-refractivity contribution in [2.45, 2.75) is 26.6 Å². The standard InChI is InChI=1S/C11H17N5/c1-3-16-9-13-7-11(16)6-12-4-10-5-14-15(2)8-10/h5,7-9,12H,3-4,6H2,1-2H3. The van der Waals surface area contributed by atoms with Crippen molar-refractivity contribution in [1.29, 1.82) is 0 Å². The third-order valence-corrected chi connectivity index (χ3v) is 2.53. The predicted molar refractivity (Wildman–Crippen MR) is 61.7 cm³/mol. The minimum Gasteiger partial charge on any atom is -0.334 e. The number of aryl methyl sites for hydroxylation is 2. The molecule has 0 saturated carbocycles. The Hall–Kier alpha value is -1.62. The average molecular weight is 219 g/mol. The second-order valence-electron chi connectivity index (χ2n) is 3.80. The lowest BCUT2D eigenvalue weighted by atomic mass is 10.3. The molecule has 1 N–H and O–H groups in total. The van der Waals surface area contributed by atoms with Gasteiger partial charge in [-0.05, 0) is 6.92 Å². The Morgan fingerprint density at radius 3 is 2.88 bits per heavy atom. The molecule has 0 fully saturated rings. The molecule has 0 aliphatic rings. The first kappa shape index (κ1) is 10.9. The number of aromatic nitrogens is 4. The van der Waals surface area contributed by atoms with Crippen molar-refractivity contribution >= 4 is 0 Å². The SMILES string of the molecule is CCn1cncc1CNCc1cnn(C)c1. The average Bonchev–Trinajstić information content (AvgIpc) is 2.87. The minimum atomic E-state index is 0.836. The predicted octanol–water partition coefficient (Wildman–Crippen LogP) is 0.926. The highest BCUT2D eigenvalue weighted by molar-refractivity contribution is 5.04. The van der Waals surface area contributed by atoms with Crippen LogP contribution in [-0.2, 0) is 26.7 Å². The summed E-state index contributed by atoms with van der Waals surface area (Å²) in [4.78, 5) is 4.13. The van der Waals surface area contributed by atoms with Crippen molar-refractivity contribution in [3.8, 4) is 0 Å². The van der Waals surface area contributed by atoms with Crippen LogP contribution in [-0.4, -0.2) is 19.3 Å². The first-order chi connectivity index (χ1) is 7.79. The van der Waals surface area contributed by atoms with Gasteiger partial charge in [0.25, 0.3) is 0 Å². The largest absolute Gasteiger partial charge is 0.334 e. The second kappa shape index (κ2) is 4.94. The number of hydrogen-bond donors (Lipinski definition) is 1. The summed E-state index contributed by atoms with van der Waals surface area (Å²) < 4.78 is 3.95. The summed E-state index contributed by atoms with van der Waals surface area (Å²) in [5.74, 6) is 0. The Kier molecular flexibility index (Phi) is 3.36. The van der Waals surface area contributed by atoms with Gasteiger partial charge in [-0.1, -0.05) is 0 Å². The summed E-state index contributed by atoms with van der Waals surface area (Å²) >= 11 is 0. The Balaban J connectivity index is 1.84. The lowest BCUT2D eigenvalue weighted by Crippen LogP contribution is -2.15. The van der Waals surface area contributed by atoms with Crippen LogP contribution in [0.25, 0.3) is 0 Å². The quantitative estimate of drug-likeness (QED) is 0.813. The fourth-order valence-electron chi connectivity index (χ4n) is 1.68. The van der Waals surface area contributed by atoms with E-state index in [2.05, 4.69) is 26.9 Å². The maximum absolute atomic E-state index is 4.13. The summed E-state index contributed by atoms with van der Waals surface area (Å²) in [6.07, 6.45) is 7.66. The van der Waals surface area contributed by atoms with E-state index in [1.54, 1.807) is 0 Å². The van der Waals surface area contributed by atoms with Crippen LogP contribution in [0.5, 0.6) is 0 Å². The van der Waals surface area contributed by atoms with Crippen molar-refractivity contribution in [3.63, 3.8) is 0 Å². The van der Waals surface area contributed by atoms with Gasteiger partial charge in [-0.25, -0.2) is 4.98 Å². The molecule has 2 rings (SSSR count). The minimum absolute atomic E-state index is 0.836. The van der Waals surface area contributed by atoms with E-state index >= 15 is 0 Å². The topological polar surface area (TPSA) is 47.7 Å². The lowest BCUT2D eigenvalue weighted by molar-refractivity contribution is 0.628. The van der Waals surface area contributed by atoms with Gasteiger partial charge in [0, 0.05) is 44.6 Å². The van der Waals surface area contributed by atoms with E-state index in [0.29, 0.717) is 0 Å². The molecule has 5 heteroatoms. The Bertz CT molecular complexity index is 443. The first-order valence-electron chi connectivity index (χ1n) is 5.47. The molecule has 0 aliphatic heterocycles. The molecule has 16 heavy (non-hydrogen) atoms. The monoisotopic (exact) mass is 219 g/mol.